The van der Waals surface area contributed by atoms with Gasteiger partial charge in [-0.3, -0.25) is 0 Å². The highest BCUT2D eigenvalue weighted by atomic mass is 32.2. The summed E-state index contributed by atoms with van der Waals surface area (Å²) < 4.78 is 11.8. The number of carbonyl (C=O) groups is 2. The van der Waals surface area contributed by atoms with Crippen molar-refractivity contribution in [2.24, 2.45) is 0 Å². The Balaban J connectivity index is 1.49. The van der Waals surface area contributed by atoms with Crippen LogP contribution in [-0.4, -0.2) is 29.9 Å². The third-order valence-corrected chi connectivity index (χ3v) is 9.21. The van der Waals surface area contributed by atoms with E-state index in [4.69, 9.17) is 9.47 Å². The molecule has 0 amide bonds. The molecule has 3 aliphatic rings. The van der Waals surface area contributed by atoms with Crippen LogP contribution in [0.2, 0.25) is 0 Å². The van der Waals surface area contributed by atoms with Crippen molar-refractivity contribution in [3.8, 4) is 11.1 Å². The first-order valence-electron chi connectivity index (χ1n) is 13.7. The standard InChI is InChI=1S/C31H38O4S/c1-31(2)17-18-36-28-16-14-21(20-27(28)31)26-19-22(29(32)34-23-9-5-3-6-10-23)13-15-25(26)30(33)35-24-11-7-4-8-12-24/h13-16,19-20,23-24H,3-12,17-18H2,1-2H3. The van der Waals surface area contributed by atoms with Crippen molar-refractivity contribution in [3.05, 3.63) is 53.1 Å². The minimum absolute atomic E-state index is 0.00721. The van der Waals surface area contributed by atoms with E-state index < -0.39 is 0 Å². The summed E-state index contributed by atoms with van der Waals surface area (Å²) in [6, 6.07) is 11.8. The number of benzene rings is 2. The predicted molar refractivity (Wildman–Crippen MR) is 145 cm³/mol. The molecule has 5 heteroatoms. The molecule has 0 N–H and O–H groups in total. The van der Waals surface area contributed by atoms with E-state index in [1.54, 1.807) is 12.1 Å². The van der Waals surface area contributed by atoms with Gasteiger partial charge < -0.3 is 9.47 Å². The molecule has 0 aromatic heterocycles. The number of carbonyl (C=O) groups excluding carboxylic acids is 2. The number of ether oxygens (including phenoxy) is 2. The molecular weight excluding hydrogens is 468 g/mol. The maximum absolute atomic E-state index is 13.4. The van der Waals surface area contributed by atoms with Crippen LogP contribution in [0, 0.1) is 0 Å². The predicted octanol–water partition coefficient (Wildman–Crippen LogP) is 8.11. The van der Waals surface area contributed by atoms with Crippen molar-refractivity contribution < 1.29 is 19.1 Å². The van der Waals surface area contributed by atoms with E-state index in [1.807, 2.05) is 17.8 Å². The van der Waals surface area contributed by atoms with Gasteiger partial charge >= 0.3 is 11.9 Å². The van der Waals surface area contributed by atoms with Crippen LogP contribution in [0.4, 0.5) is 0 Å². The highest BCUT2D eigenvalue weighted by Gasteiger charge is 2.29. The Morgan fingerprint density at radius 2 is 1.44 bits per heavy atom. The summed E-state index contributed by atoms with van der Waals surface area (Å²) in [6.45, 7) is 4.57. The minimum Gasteiger partial charge on any atom is -0.459 e. The summed E-state index contributed by atoms with van der Waals surface area (Å²) in [4.78, 5) is 27.8. The first kappa shape index (κ1) is 25.4. The van der Waals surface area contributed by atoms with E-state index >= 15 is 0 Å². The lowest BCUT2D eigenvalue weighted by Crippen LogP contribution is -2.23. The topological polar surface area (TPSA) is 52.6 Å². The molecule has 5 rings (SSSR count). The van der Waals surface area contributed by atoms with E-state index in [1.165, 1.54) is 23.3 Å². The van der Waals surface area contributed by atoms with Gasteiger partial charge in [-0.1, -0.05) is 32.8 Å². The second-order valence-corrected chi connectivity index (χ2v) is 12.4. The number of hydrogen-bond donors (Lipinski definition) is 0. The fourth-order valence-electron chi connectivity index (χ4n) is 5.79. The van der Waals surface area contributed by atoms with Gasteiger partial charge in [0.05, 0.1) is 11.1 Å². The zero-order valence-electron chi connectivity index (χ0n) is 21.6. The monoisotopic (exact) mass is 506 g/mol. The van der Waals surface area contributed by atoms with Gasteiger partial charge in [0.15, 0.2) is 0 Å². The number of fused-ring (bicyclic) bond motifs is 1. The highest BCUT2D eigenvalue weighted by Crippen LogP contribution is 2.43. The molecule has 1 heterocycles. The second-order valence-electron chi connectivity index (χ2n) is 11.3. The zero-order chi connectivity index (χ0) is 25.1. The first-order chi connectivity index (χ1) is 17.4. The SMILES string of the molecule is CC1(C)CCSc2ccc(-c3cc(C(=O)OC4CCCCC4)ccc3C(=O)OC3CCCCC3)cc21. The molecule has 0 bridgehead atoms. The summed E-state index contributed by atoms with van der Waals surface area (Å²) in [6.07, 6.45) is 11.7. The molecule has 0 saturated heterocycles. The Bertz CT molecular complexity index is 1110. The van der Waals surface area contributed by atoms with Gasteiger partial charge in [-0.05, 0) is 116 Å². The van der Waals surface area contributed by atoms with Crippen molar-refractivity contribution in [1.82, 2.24) is 0 Å². The van der Waals surface area contributed by atoms with Gasteiger partial charge in [0.1, 0.15) is 12.2 Å². The molecule has 2 aliphatic carbocycles. The van der Waals surface area contributed by atoms with Crippen LogP contribution < -0.4 is 0 Å². The maximum atomic E-state index is 13.4. The van der Waals surface area contributed by atoms with Crippen LogP contribution in [0.3, 0.4) is 0 Å². The molecular formula is C31H38O4S. The summed E-state index contributed by atoms with van der Waals surface area (Å²) in [5, 5.41) is 0. The molecule has 36 heavy (non-hydrogen) atoms. The van der Waals surface area contributed by atoms with E-state index in [-0.39, 0.29) is 29.6 Å². The lowest BCUT2D eigenvalue weighted by atomic mass is 9.80. The van der Waals surface area contributed by atoms with Crippen LogP contribution in [-0.2, 0) is 14.9 Å². The van der Waals surface area contributed by atoms with Crippen LogP contribution >= 0.6 is 11.8 Å². The third kappa shape index (κ3) is 5.66. The second kappa shape index (κ2) is 11.0. The molecule has 2 aromatic rings. The van der Waals surface area contributed by atoms with Crippen molar-refractivity contribution in [2.75, 3.05) is 5.75 Å². The number of rotatable bonds is 5. The summed E-state index contributed by atoms with van der Waals surface area (Å²) in [5.41, 5.74) is 4.09. The number of esters is 2. The molecule has 0 atom stereocenters. The van der Waals surface area contributed by atoms with Crippen LogP contribution in [0.25, 0.3) is 11.1 Å². The molecule has 2 aromatic carbocycles. The van der Waals surface area contributed by atoms with Crippen molar-refractivity contribution in [1.29, 1.82) is 0 Å². The fraction of sp³-hybridized carbons (Fsp3) is 0.548. The fourth-order valence-corrected chi connectivity index (χ4v) is 7.28. The zero-order valence-corrected chi connectivity index (χ0v) is 22.5. The lowest BCUT2D eigenvalue weighted by Gasteiger charge is -2.32. The summed E-state index contributed by atoms with van der Waals surface area (Å²) >= 11 is 1.89. The van der Waals surface area contributed by atoms with E-state index in [0.29, 0.717) is 11.1 Å². The Hall–Kier alpha value is -2.27. The minimum atomic E-state index is -0.302. The van der Waals surface area contributed by atoms with Gasteiger partial charge in [0, 0.05) is 4.90 Å². The van der Waals surface area contributed by atoms with Gasteiger partial charge in [-0.15, -0.1) is 11.8 Å². The lowest BCUT2D eigenvalue weighted by molar-refractivity contribution is 0.0197. The maximum Gasteiger partial charge on any atom is 0.339 e. The van der Waals surface area contributed by atoms with Crippen LogP contribution in [0.1, 0.15) is 111 Å². The van der Waals surface area contributed by atoms with E-state index in [0.717, 1.165) is 74.7 Å². The molecule has 192 valence electrons. The molecule has 2 fully saturated rings. The molecule has 0 spiro atoms. The van der Waals surface area contributed by atoms with Gasteiger partial charge in [0.25, 0.3) is 0 Å². The van der Waals surface area contributed by atoms with Gasteiger partial charge in [-0.25, -0.2) is 9.59 Å². The van der Waals surface area contributed by atoms with Gasteiger partial charge in [-0.2, -0.15) is 0 Å². The Kier molecular flexibility index (Phi) is 7.76. The smallest absolute Gasteiger partial charge is 0.339 e. The van der Waals surface area contributed by atoms with Gasteiger partial charge in [0.2, 0.25) is 0 Å². The quantitative estimate of drug-likeness (QED) is 0.383. The Morgan fingerprint density at radius 1 is 0.806 bits per heavy atom. The average Bonchev–Trinajstić information content (AvgIpc) is 2.89. The Labute approximate surface area is 219 Å². The van der Waals surface area contributed by atoms with Crippen LogP contribution in [0.15, 0.2) is 41.3 Å². The van der Waals surface area contributed by atoms with Crippen LogP contribution in [0.5, 0.6) is 0 Å². The molecule has 0 radical (unpaired) electrons. The highest BCUT2D eigenvalue weighted by molar-refractivity contribution is 7.99. The van der Waals surface area contributed by atoms with Crippen molar-refractivity contribution >= 4 is 23.7 Å². The van der Waals surface area contributed by atoms with Crippen molar-refractivity contribution in [3.63, 3.8) is 0 Å². The van der Waals surface area contributed by atoms with Crippen molar-refractivity contribution in [2.45, 2.75) is 107 Å². The number of hydrogen-bond acceptors (Lipinski definition) is 5. The first-order valence-corrected chi connectivity index (χ1v) is 14.7. The summed E-state index contributed by atoms with van der Waals surface area (Å²) in [5.74, 6) is 0.514. The van der Waals surface area contributed by atoms with E-state index in [2.05, 4.69) is 32.0 Å². The molecule has 1 aliphatic heterocycles. The Morgan fingerprint density at radius 3 is 2.11 bits per heavy atom. The molecule has 2 saturated carbocycles. The summed E-state index contributed by atoms with van der Waals surface area (Å²) in [7, 11) is 0. The van der Waals surface area contributed by atoms with E-state index in [9.17, 15) is 9.59 Å². The normalized spacial score (nSPS) is 20.4. The largest absolute Gasteiger partial charge is 0.459 e. The third-order valence-electron chi connectivity index (χ3n) is 8.13. The molecule has 0 unspecified atom stereocenters. The molecule has 4 nitrogen and oxygen atoms in total. The average molecular weight is 507 g/mol. The number of thioether (sulfide) groups is 1.